The molecule has 0 spiro atoms. The maximum absolute atomic E-state index is 7.35. The normalized spacial score (nSPS) is 12.8. The molecule has 0 bridgehead atoms. The van der Waals surface area contributed by atoms with Gasteiger partial charge < -0.3 is 14.0 Å². The molecule has 0 fully saturated rings. The number of aromatic nitrogens is 4. The Morgan fingerprint density at radius 1 is 0.811 bits per heavy atom. The Kier molecular flexibility index (Phi) is 9.88. The first-order valence-corrected chi connectivity index (χ1v) is 21.4. The van der Waals surface area contributed by atoms with E-state index >= 15 is 0 Å². The van der Waals surface area contributed by atoms with Gasteiger partial charge in [0.2, 0.25) is 0 Å². The van der Waals surface area contributed by atoms with E-state index in [1.165, 1.54) is 28.1 Å². The van der Waals surface area contributed by atoms with Crippen LogP contribution in [0.4, 0.5) is 0 Å². The average molecular weight is 894 g/mol. The van der Waals surface area contributed by atoms with E-state index in [4.69, 9.17) is 13.5 Å². The second-order valence-electron chi connectivity index (χ2n) is 15.0. The third-order valence-electron chi connectivity index (χ3n) is 9.59. The molecule has 4 heterocycles. The Hall–Kier alpha value is -4.68. The zero-order valence-corrected chi connectivity index (χ0v) is 34.9. The summed E-state index contributed by atoms with van der Waals surface area (Å²) in [7, 11) is -1.34. The first-order chi connectivity index (χ1) is 26.1. The Labute approximate surface area is 332 Å². The van der Waals surface area contributed by atoms with E-state index in [0.29, 0.717) is 17.4 Å². The second kappa shape index (κ2) is 15.4. The van der Waals surface area contributed by atoms with Gasteiger partial charge in [0.15, 0.2) is 0 Å². The zero-order valence-electron chi connectivity index (χ0n) is 34.5. The summed E-state index contributed by atoms with van der Waals surface area (Å²) in [5, 5.41) is 3.48. The third kappa shape index (κ3) is 7.44. The van der Waals surface area contributed by atoms with E-state index in [0.717, 1.165) is 61.3 Å². The van der Waals surface area contributed by atoms with E-state index in [9.17, 15) is 0 Å². The summed E-state index contributed by atoms with van der Waals surface area (Å²) in [6.45, 7) is 15.8. The molecule has 1 radical (unpaired) electrons. The van der Waals surface area contributed by atoms with Crippen molar-refractivity contribution in [3.63, 3.8) is 0 Å². The monoisotopic (exact) mass is 894 g/mol. The molecule has 53 heavy (non-hydrogen) atoms. The van der Waals surface area contributed by atoms with Crippen molar-refractivity contribution in [1.82, 2.24) is 19.5 Å². The number of benzene rings is 4. The maximum atomic E-state index is 7.35. The number of aryl methyl sites for hydroxylation is 2. The van der Waals surface area contributed by atoms with Crippen LogP contribution in [0.1, 0.15) is 66.0 Å². The van der Waals surface area contributed by atoms with Crippen molar-refractivity contribution in [2.75, 3.05) is 0 Å². The number of hydrogen-bond donors (Lipinski definition) is 0. The first kappa shape index (κ1) is 34.1. The molecule has 0 aliphatic carbocycles. The van der Waals surface area contributed by atoms with Crippen molar-refractivity contribution < 1.29 is 28.6 Å². The minimum absolute atomic E-state index is 0. The molecule has 7 heteroatoms. The molecule has 0 aliphatic rings. The summed E-state index contributed by atoms with van der Waals surface area (Å²) < 4.78 is 30.8. The van der Waals surface area contributed by atoms with E-state index in [2.05, 4.69) is 117 Å². The fourth-order valence-electron chi connectivity index (χ4n) is 6.77. The van der Waals surface area contributed by atoms with Crippen molar-refractivity contribution in [2.45, 2.75) is 72.9 Å². The number of hydrogen-bond acceptors (Lipinski definition) is 4. The van der Waals surface area contributed by atoms with Crippen LogP contribution in [0, 0.1) is 25.9 Å². The van der Waals surface area contributed by atoms with Crippen LogP contribution in [0.2, 0.25) is 19.6 Å². The van der Waals surface area contributed by atoms with Crippen LogP contribution in [0.5, 0.6) is 0 Å². The van der Waals surface area contributed by atoms with Gasteiger partial charge in [0.25, 0.3) is 0 Å². The first-order valence-electron chi connectivity index (χ1n) is 19.4. The van der Waals surface area contributed by atoms with Gasteiger partial charge in [-0.1, -0.05) is 114 Å². The van der Waals surface area contributed by atoms with Gasteiger partial charge in [0.05, 0.1) is 36.2 Å². The number of nitrogens with zero attached hydrogens (tertiary/aromatic N) is 4. The minimum Gasteiger partial charge on any atom is -0.501 e. The fraction of sp³-hybridized carbons (Fsp3) is 0.239. The molecule has 0 atom stereocenters. The molecule has 0 unspecified atom stereocenters. The molecule has 4 aromatic carbocycles. The maximum Gasteiger partial charge on any atom is 0.120 e. The van der Waals surface area contributed by atoms with Crippen molar-refractivity contribution >= 4 is 46.2 Å². The van der Waals surface area contributed by atoms with Crippen molar-refractivity contribution in [1.29, 1.82) is 0 Å². The smallest absolute Gasteiger partial charge is 0.120 e. The van der Waals surface area contributed by atoms with Crippen molar-refractivity contribution in [3.05, 3.63) is 138 Å². The SMILES string of the molecule is Cc1nccc2nc(-c3[c-]ccc4c3oc3ccccc34)n(-c3c(C(C)C)cccc3C(C)C)c12.[2H]C([2H])([2H])c1c[c-]c(-c2ccc([Si](C)(C)C)cn2)cc1.[Ir]. The van der Waals surface area contributed by atoms with Gasteiger partial charge in [0.1, 0.15) is 5.58 Å². The number of furan rings is 1. The Morgan fingerprint density at radius 2 is 1.57 bits per heavy atom. The zero-order chi connectivity index (χ0) is 39.2. The van der Waals surface area contributed by atoms with Crippen molar-refractivity contribution in [2.24, 2.45) is 0 Å². The topological polar surface area (TPSA) is 56.7 Å². The number of fused-ring (bicyclic) bond motifs is 4. The quantitative estimate of drug-likeness (QED) is 0.123. The summed E-state index contributed by atoms with van der Waals surface area (Å²) in [4.78, 5) is 14.3. The molecular weight excluding hydrogens is 845 g/mol. The molecule has 0 aliphatic heterocycles. The Balaban J connectivity index is 0.000000217. The molecule has 8 rings (SSSR count). The van der Waals surface area contributed by atoms with Crippen molar-refractivity contribution in [3.8, 4) is 28.3 Å². The largest absolute Gasteiger partial charge is 0.501 e. The molecular formula is C46H46IrN4OSi-2. The second-order valence-corrected chi connectivity index (χ2v) is 20.1. The summed E-state index contributed by atoms with van der Waals surface area (Å²) >= 11 is 0. The molecule has 8 aromatic rings. The summed E-state index contributed by atoms with van der Waals surface area (Å²) in [5.41, 5.74) is 11.2. The van der Waals surface area contributed by atoms with Crippen LogP contribution in [-0.4, -0.2) is 27.6 Å². The van der Waals surface area contributed by atoms with Crippen LogP contribution >= 0.6 is 0 Å². The molecule has 0 amide bonds. The number of imidazole rings is 1. The number of rotatable bonds is 6. The molecule has 5 nitrogen and oxygen atoms in total. The molecule has 0 N–H and O–H groups in total. The van der Waals surface area contributed by atoms with E-state index < -0.39 is 14.9 Å². The number of para-hydroxylation sites is 2. The van der Waals surface area contributed by atoms with Gasteiger partial charge in [-0.25, -0.2) is 0 Å². The van der Waals surface area contributed by atoms with E-state index in [1.54, 1.807) is 12.1 Å². The third-order valence-corrected chi connectivity index (χ3v) is 11.6. The number of pyridine rings is 2. The average Bonchev–Trinajstić information content (AvgIpc) is 3.74. The van der Waals surface area contributed by atoms with Gasteiger partial charge in [-0.2, -0.15) is 0 Å². The van der Waals surface area contributed by atoms with Crippen LogP contribution < -0.4 is 5.19 Å². The van der Waals surface area contributed by atoms with Gasteiger partial charge in [-0.05, 0) is 52.9 Å². The van der Waals surface area contributed by atoms with Gasteiger partial charge in [-0.3, -0.25) is 9.97 Å². The van der Waals surface area contributed by atoms with Crippen LogP contribution in [0.3, 0.4) is 0 Å². The van der Waals surface area contributed by atoms with E-state index in [-0.39, 0.29) is 20.1 Å². The molecule has 271 valence electrons. The predicted octanol–water partition coefficient (Wildman–Crippen LogP) is 11.7. The fourth-order valence-corrected chi connectivity index (χ4v) is 7.81. The van der Waals surface area contributed by atoms with Gasteiger partial charge in [0, 0.05) is 47.7 Å². The molecule has 0 saturated carbocycles. The van der Waals surface area contributed by atoms with Gasteiger partial charge >= 0.3 is 0 Å². The Bertz CT molecular complexity index is 2560. The predicted molar refractivity (Wildman–Crippen MR) is 220 cm³/mol. The van der Waals surface area contributed by atoms with Gasteiger partial charge in [-0.15, -0.1) is 53.6 Å². The van der Waals surface area contributed by atoms with Crippen LogP contribution in [0.15, 0.2) is 108 Å². The summed E-state index contributed by atoms with van der Waals surface area (Å²) in [6, 6.07) is 36.3. The summed E-state index contributed by atoms with van der Waals surface area (Å²) in [5.74, 6) is 1.52. The van der Waals surface area contributed by atoms with Crippen LogP contribution in [-0.2, 0) is 20.1 Å². The standard InChI is InChI=1S/C31H28N3O.C15H18NSi.Ir/c1-18(2)21-11-8-12-22(19(3)4)29(21)34-28-20(5)32-17-16-26(28)33-31(34)25-14-9-13-24-23-10-6-7-15-27(23)35-30(24)25;1-12-5-7-13(8-6-12)15-10-9-14(11-16-15)17(2,3)4;/h6-13,15-19H,1-5H3;5-7,9-11H,1-4H3;/q2*-1;/i;1D3;. The summed E-state index contributed by atoms with van der Waals surface area (Å²) in [6.07, 6.45) is 3.76. The Morgan fingerprint density at radius 3 is 2.21 bits per heavy atom. The van der Waals surface area contributed by atoms with Crippen LogP contribution in [0.25, 0.3) is 61.3 Å². The van der Waals surface area contributed by atoms with E-state index in [1.807, 2.05) is 48.8 Å². The minimum atomic E-state index is -2.08. The molecule has 0 saturated heterocycles. The molecule has 4 aromatic heterocycles.